The lowest BCUT2D eigenvalue weighted by atomic mass is 10.1. The molecule has 174 valence electrons. The van der Waals surface area contributed by atoms with Crippen LogP contribution in [-0.4, -0.2) is 30.6 Å². The van der Waals surface area contributed by atoms with Gasteiger partial charge in [0.1, 0.15) is 11.5 Å². The van der Waals surface area contributed by atoms with E-state index in [1.165, 1.54) is 6.92 Å². The van der Waals surface area contributed by atoms with Gasteiger partial charge in [-0.2, -0.15) is 0 Å². The first kappa shape index (κ1) is 22.9. The van der Waals surface area contributed by atoms with Gasteiger partial charge in [-0.15, -0.1) is 0 Å². The summed E-state index contributed by atoms with van der Waals surface area (Å²) in [5.74, 6) is 1.16. The van der Waals surface area contributed by atoms with Gasteiger partial charge in [0.2, 0.25) is 11.8 Å². The Kier molecular flexibility index (Phi) is 6.82. The molecule has 34 heavy (non-hydrogen) atoms. The molecule has 0 fully saturated rings. The van der Waals surface area contributed by atoms with Crippen molar-refractivity contribution in [3.8, 4) is 11.5 Å². The van der Waals surface area contributed by atoms with E-state index in [1.807, 2.05) is 48.7 Å². The standard InChI is InChI=1S/C27H27N3O4/c1-18(31)28-21-7-6-8-22(14-21)29-27(32)13-20-17-30(26-10-5-4-9-25(20)26)16-19-11-23(33-2)15-24(12-19)34-3/h4-12,14-15,17H,13,16H2,1-3H3,(H,28,31)(H,29,32). The molecule has 2 N–H and O–H groups in total. The fourth-order valence-electron chi connectivity index (χ4n) is 4.00. The van der Waals surface area contributed by atoms with E-state index in [2.05, 4.69) is 15.2 Å². The normalized spacial score (nSPS) is 10.7. The Morgan fingerprint density at radius 1 is 0.853 bits per heavy atom. The average molecular weight is 458 g/mol. The minimum atomic E-state index is -0.162. The Bertz CT molecular complexity index is 1320. The highest BCUT2D eigenvalue weighted by Gasteiger charge is 2.13. The lowest BCUT2D eigenvalue weighted by Gasteiger charge is -2.10. The van der Waals surface area contributed by atoms with Crippen molar-refractivity contribution in [1.82, 2.24) is 4.57 Å². The molecule has 1 heterocycles. The summed E-state index contributed by atoms with van der Waals surface area (Å²) in [5.41, 5.74) is 4.27. The highest BCUT2D eigenvalue weighted by Crippen LogP contribution is 2.27. The van der Waals surface area contributed by atoms with E-state index in [0.29, 0.717) is 17.9 Å². The summed E-state index contributed by atoms with van der Waals surface area (Å²) in [6.45, 7) is 2.05. The first-order valence-electron chi connectivity index (χ1n) is 10.9. The van der Waals surface area contributed by atoms with E-state index in [4.69, 9.17) is 9.47 Å². The first-order chi connectivity index (χ1) is 16.4. The Hall–Kier alpha value is -4.26. The molecule has 3 aromatic carbocycles. The van der Waals surface area contributed by atoms with Crippen molar-refractivity contribution in [3.05, 3.63) is 84.1 Å². The lowest BCUT2D eigenvalue weighted by Crippen LogP contribution is -2.14. The number of rotatable bonds is 8. The number of amides is 2. The topological polar surface area (TPSA) is 81.6 Å². The molecule has 0 radical (unpaired) electrons. The summed E-state index contributed by atoms with van der Waals surface area (Å²) >= 11 is 0. The van der Waals surface area contributed by atoms with Crippen molar-refractivity contribution in [2.24, 2.45) is 0 Å². The number of methoxy groups -OCH3 is 2. The Balaban J connectivity index is 1.56. The quantitative estimate of drug-likeness (QED) is 0.396. The minimum Gasteiger partial charge on any atom is -0.497 e. The summed E-state index contributed by atoms with van der Waals surface area (Å²) < 4.78 is 12.9. The van der Waals surface area contributed by atoms with Crippen molar-refractivity contribution in [2.45, 2.75) is 19.9 Å². The molecule has 0 aliphatic carbocycles. The highest BCUT2D eigenvalue weighted by molar-refractivity contribution is 5.97. The number of ether oxygens (including phenoxy) is 2. The second-order valence-electron chi connectivity index (χ2n) is 8.01. The second-order valence-corrected chi connectivity index (χ2v) is 8.01. The molecule has 4 aromatic rings. The van der Waals surface area contributed by atoms with Crippen LogP contribution in [0, 0.1) is 0 Å². The number of hydrogen-bond donors (Lipinski definition) is 2. The Morgan fingerprint density at radius 2 is 1.53 bits per heavy atom. The summed E-state index contributed by atoms with van der Waals surface area (Å²) in [4.78, 5) is 24.2. The monoisotopic (exact) mass is 457 g/mol. The van der Waals surface area contributed by atoms with E-state index < -0.39 is 0 Å². The maximum Gasteiger partial charge on any atom is 0.228 e. The van der Waals surface area contributed by atoms with Crippen LogP contribution in [0.25, 0.3) is 10.9 Å². The van der Waals surface area contributed by atoms with Gasteiger partial charge in [0.05, 0.1) is 20.6 Å². The fraction of sp³-hybridized carbons (Fsp3) is 0.185. The molecule has 0 aliphatic heterocycles. The predicted octanol–water partition coefficient (Wildman–Crippen LogP) is 4.85. The average Bonchev–Trinajstić information content (AvgIpc) is 3.15. The SMILES string of the molecule is COc1cc(Cn2cc(CC(=O)Nc3cccc(NC(C)=O)c3)c3ccccc32)cc(OC)c1. The maximum atomic E-state index is 12.9. The number of benzene rings is 3. The van der Waals surface area contributed by atoms with Crippen LogP contribution in [0.15, 0.2) is 72.9 Å². The van der Waals surface area contributed by atoms with E-state index in [9.17, 15) is 9.59 Å². The zero-order valence-electron chi connectivity index (χ0n) is 19.4. The van der Waals surface area contributed by atoms with Gasteiger partial charge in [-0.3, -0.25) is 9.59 Å². The van der Waals surface area contributed by atoms with Gasteiger partial charge in [-0.25, -0.2) is 0 Å². The highest BCUT2D eigenvalue weighted by atomic mass is 16.5. The molecule has 4 rings (SSSR count). The number of para-hydroxylation sites is 1. The molecule has 0 saturated heterocycles. The maximum absolute atomic E-state index is 12.9. The van der Waals surface area contributed by atoms with Crippen LogP contribution in [0.3, 0.4) is 0 Å². The molecule has 0 atom stereocenters. The van der Waals surface area contributed by atoms with E-state index in [1.54, 1.807) is 38.5 Å². The van der Waals surface area contributed by atoms with Crippen LogP contribution < -0.4 is 20.1 Å². The molecule has 0 saturated carbocycles. The van der Waals surface area contributed by atoms with Crippen LogP contribution in [0.5, 0.6) is 11.5 Å². The third-order valence-corrected chi connectivity index (χ3v) is 5.45. The van der Waals surface area contributed by atoms with Crippen molar-refractivity contribution in [2.75, 3.05) is 24.9 Å². The van der Waals surface area contributed by atoms with Crippen LogP contribution in [0.4, 0.5) is 11.4 Å². The molecule has 0 unspecified atom stereocenters. The molecule has 0 spiro atoms. The first-order valence-corrected chi connectivity index (χ1v) is 10.9. The molecule has 1 aromatic heterocycles. The van der Waals surface area contributed by atoms with Crippen molar-refractivity contribution >= 4 is 34.1 Å². The summed E-state index contributed by atoms with van der Waals surface area (Å²) in [5, 5.41) is 6.68. The van der Waals surface area contributed by atoms with Crippen molar-refractivity contribution in [3.63, 3.8) is 0 Å². The molecule has 7 heteroatoms. The van der Waals surface area contributed by atoms with Gasteiger partial charge >= 0.3 is 0 Å². The number of fused-ring (bicyclic) bond motifs is 1. The smallest absolute Gasteiger partial charge is 0.228 e. The second kappa shape index (κ2) is 10.1. The number of carbonyl (C=O) groups excluding carboxylic acids is 2. The lowest BCUT2D eigenvalue weighted by molar-refractivity contribution is -0.115. The van der Waals surface area contributed by atoms with Crippen LogP contribution in [0.1, 0.15) is 18.1 Å². The zero-order chi connectivity index (χ0) is 24.1. The number of nitrogens with zero attached hydrogens (tertiary/aromatic N) is 1. The number of hydrogen-bond acceptors (Lipinski definition) is 4. The van der Waals surface area contributed by atoms with E-state index in [-0.39, 0.29) is 18.2 Å². The zero-order valence-corrected chi connectivity index (χ0v) is 19.4. The van der Waals surface area contributed by atoms with Gasteiger partial charge in [0, 0.05) is 48.0 Å². The van der Waals surface area contributed by atoms with Gasteiger partial charge in [-0.05, 0) is 47.5 Å². The van der Waals surface area contributed by atoms with E-state index in [0.717, 1.165) is 33.5 Å². The molecule has 0 bridgehead atoms. The minimum absolute atomic E-state index is 0.133. The van der Waals surface area contributed by atoms with Gasteiger partial charge < -0.3 is 24.7 Å². The van der Waals surface area contributed by atoms with Gasteiger partial charge in [-0.1, -0.05) is 24.3 Å². The molecule has 2 amide bonds. The fourth-order valence-corrected chi connectivity index (χ4v) is 4.00. The number of nitrogens with one attached hydrogen (secondary N) is 2. The van der Waals surface area contributed by atoms with Crippen LogP contribution in [0.2, 0.25) is 0 Å². The summed E-state index contributed by atoms with van der Waals surface area (Å²) in [6.07, 6.45) is 2.24. The largest absolute Gasteiger partial charge is 0.497 e. The van der Waals surface area contributed by atoms with Crippen LogP contribution in [-0.2, 0) is 22.6 Å². The Morgan fingerprint density at radius 3 is 2.21 bits per heavy atom. The van der Waals surface area contributed by atoms with Crippen molar-refractivity contribution in [1.29, 1.82) is 0 Å². The molecule has 7 nitrogen and oxygen atoms in total. The summed E-state index contributed by atoms with van der Waals surface area (Å²) in [7, 11) is 3.26. The Labute approximate surface area is 198 Å². The predicted molar refractivity (Wildman–Crippen MR) is 134 cm³/mol. The number of aromatic nitrogens is 1. The molecule has 0 aliphatic rings. The van der Waals surface area contributed by atoms with Crippen LogP contribution >= 0.6 is 0 Å². The number of carbonyl (C=O) groups is 2. The molecular weight excluding hydrogens is 430 g/mol. The number of anilines is 2. The van der Waals surface area contributed by atoms with Gasteiger partial charge in [0.25, 0.3) is 0 Å². The van der Waals surface area contributed by atoms with E-state index >= 15 is 0 Å². The third kappa shape index (κ3) is 5.38. The van der Waals surface area contributed by atoms with Gasteiger partial charge in [0.15, 0.2) is 0 Å². The summed E-state index contributed by atoms with van der Waals surface area (Å²) in [6, 6.07) is 20.9. The molecular formula is C27H27N3O4. The van der Waals surface area contributed by atoms with Crippen molar-refractivity contribution < 1.29 is 19.1 Å². The third-order valence-electron chi connectivity index (χ3n) is 5.45.